The molecule has 0 radical (unpaired) electrons. The molecule has 0 spiro atoms. The van der Waals surface area contributed by atoms with Gasteiger partial charge in [-0.25, -0.2) is 4.39 Å². The summed E-state index contributed by atoms with van der Waals surface area (Å²) >= 11 is 11.7. The molecule has 2 heterocycles. The standard InChI is InChI=1S/C24H23ClFN3OS/c1-4-15-8-6-9-17-16(12-21-23(30)29(5-2)24(31)27(21)3)13-28(22(15)17)14-18-19(25)10-7-11-20(18)26/h6-13H,4-5,14H2,1-3H3/b21-12-. The number of nitrogens with zero attached hydrogens (tertiary/aromatic N) is 3. The molecule has 3 aromatic rings. The molecular weight excluding hydrogens is 433 g/mol. The second-order valence-electron chi connectivity index (χ2n) is 7.50. The van der Waals surface area contributed by atoms with E-state index >= 15 is 0 Å². The Morgan fingerprint density at radius 2 is 1.90 bits per heavy atom. The van der Waals surface area contributed by atoms with Gasteiger partial charge in [0, 0.05) is 41.3 Å². The highest BCUT2D eigenvalue weighted by atomic mass is 35.5. The Bertz CT molecular complexity index is 1210. The number of carbonyl (C=O) groups is 1. The largest absolute Gasteiger partial charge is 0.342 e. The summed E-state index contributed by atoms with van der Waals surface area (Å²) in [5.74, 6) is -0.447. The van der Waals surface area contributed by atoms with Gasteiger partial charge < -0.3 is 9.47 Å². The van der Waals surface area contributed by atoms with Crippen LogP contribution >= 0.6 is 23.8 Å². The van der Waals surface area contributed by atoms with Crippen LogP contribution in [-0.4, -0.2) is 39.0 Å². The monoisotopic (exact) mass is 455 g/mol. The van der Waals surface area contributed by atoms with Crippen molar-refractivity contribution in [1.29, 1.82) is 0 Å². The van der Waals surface area contributed by atoms with Crippen LogP contribution in [0.1, 0.15) is 30.5 Å². The molecule has 0 atom stereocenters. The van der Waals surface area contributed by atoms with Crippen LogP contribution in [0.3, 0.4) is 0 Å². The Labute approximate surface area is 191 Å². The van der Waals surface area contributed by atoms with Gasteiger partial charge in [-0.3, -0.25) is 9.69 Å². The third kappa shape index (κ3) is 3.64. The fourth-order valence-corrected chi connectivity index (χ4v) is 4.61. The second-order valence-corrected chi connectivity index (χ2v) is 8.27. The van der Waals surface area contributed by atoms with Gasteiger partial charge in [0.05, 0.1) is 12.1 Å². The lowest BCUT2D eigenvalue weighted by atomic mass is 10.1. The Hall–Kier alpha value is -2.70. The Balaban J connectivity index is 1.89. The third-order valence-electron chi connectivity index (χ3n) is 5.74. The molecular formula is C24H23ClFN3OS. The predicted molar refractivity (Wildman–Crippen MR) is 128 cm³/mol. The number of thiocarbonyl (C=S) groups is 1. The fraction of sp³-hybridized carbons (Fsp3) is 0.250. The van der Waals surface area contributed by atoms with E-state index in [-0.39, 0.29) is 11.7 Å². The molecule has 7 heteroatoms. The molecule has 0 bridgehead atoms. The molecule has 31 heavy (non-hydrogen) atoms. The lowest BCUT2D eigenvalue weighted by Crippen LogP contribution is -2.30. The van der Waals surface area contributed by atoms with Crippen LogP contribution < -0.4 is 0 Å². The Morgan fingerprint density at radius 1 is 1.16 bits per heavy atom. The minimum absolute atomic E-state index is 0.111. The lowest BCUT2D eigenvalue weighted by molar-refractivity contribution is -0.122. The molecule has 1 aliphatic rings. The van der Waals surface area contributed by atoms with Crippen molar-refractivity contribution in [3.05, 3.63) is 75.8 Å². The number of likely N-dealkylation sites (N-methyl/N-ethyl adjacent to an activating group) is 2. The first-order chi connectivity index (χ1) is 14.9. The van der Waals surface area contributed by atoms with Crippen LogP contribution in [0.25, 0.3) is 17.0 Å². The average molecular weight is 456 g/mol. The number of aryl methyl sites for hydroxylation is 1. The number of hydrogen-bond donors (Lipinski definition) is 0. The topological polar surface area (TPSA) is 28.5 Å². The van der Waals surface area contributed by atoms with Gasteiger partial charge in [-0.15, -0.1) is 0 Å². The molecule has 0 unspecified atom stereocenters. The van der Waals surface area contributed by atoms with E-state index in [9.17, 15) is 9.18 Å². The van der Waals surface area contributed by atoms with E-state index in [1.54, 1.807) is 29.0 Å². The summed E-state index contributed by atoms with van der Waals surface area (Å²) in [6, 6.07) is 10.8. The molecule has 1 fully saturated rings. The van der Waals surface area contributed by atoms with Gasteiger partial charge in [-0.1, -0.05) is 42.8 Å². The zero-order valence-corrected chi connectivity index (χ0v) is 19.2. The Kier molecular flexibility index (Phi) is 5.86. The van der Waals surface area contributed by atoms with E-state index < -0.39 is 0 Å². The summed E-state index contributed by atoms with van der Waals surface area (Å²) in [6.07, 6.45) is 4.65. The molecule has 1 aromatic heterocycles. The number of aromatic nitrogens is 1. The summed E-state index contributed by atoms with van der Waals surface area (Å²) < 4.78 is 16.5. The Morgan fingerprint density at radius 3 is 2.55 bits per heavy atom. The maximum absolute atomic E-state index is 14.5. The van der Waals surface area contributed by atoms with Gasteiger partial charge >= 0.3 is 0 Å². The highest BCUT2D eigenvalue weighted by Gasteiger charge is 2.34. The van der Waals surface area contributed by atoms with Gasteiger partial charge in [-0.05, 0) is 49.3 Å². The molecule has 4 nitrogen and oxygen atoms in total. The second kappa shape index (κ2) is 8.44. The molecule has 4 rings (SSSR count). The summed E-state index contributed by atoms with van der Waals surface area (Å²) in [4.78, 5) is 16.2. The molecule has 2 aromatic carbocycles. The predicted octanol–water partition coefficient (Wildman–Crippen LogP) is 5.46. The minimum Gasteiger partial charge on any atom is -0.342 e. The van der Waals surface area contributed by atoms with Gasteiger partial charge in [0.2, 0.25) is 0 Å². The number of amides is 1. The third-order valence-corrected chi connectivity index (χ3v) is 6.58. The van der Waals surface area contributed by atoms with Crippen LogP contribution in [0, 0.1) is 5.82 Å². The molecule has 160 valence electrons. The van der Waals surface area contributed by atoms with Crippen molar-refractivity contribution in [2.24, 2.45) is 0 Å². The van der Waals surface area contributed by atoms with Crippen molar-refractivity contribution in [2.75, 3.05) is 13.6 Å². The zero-order valence-electron chi connectivity index (χ0n) is 17.7. The summed E-state index contributed by atoms with van der Waals surface area (Å²) in [5.41, 5.74) is 4.01. The maximum atomic E-state index is 14.5. The lowest BCUT2D eigenvalue weighted by Gasteiger charge is -2.13. The van der Waals surface area contributed by atoms with Gasteiger partial charge in [0.1, 0.15) is 11.5 Å². The minimum atomic E-state index is -0.335. The number of halogens is 2. The smallest absolute Gasteiger partial charge is 0.276 e. The van der Waals surface area contributed by atoms with Crippen LogP contribution in [0.4, 0.5) is 4.39 Å². The van der Waals surface area contributed by atoms with E-state index in [0.29, 0.717) is 34.5 Å². The zero-order chi connectivity index (χ0) is 22.3. The van der Waals surface area contributed by atoms with E-state index in [0.717, 1.165) is 28.5 Å². The first-order valence-corrected chi connectivity index (χ1v) is 11.0. The van der Waals surface area contributed by atoms with E-state index in [2.05, 4.69) is 13.0 Å². The number of para-hydroxylation sites is 1. The normalized spacial score (nSPS) is 15.7. The highest BCUT2D eigenvalue weighted by molar-refractivity contribution is 7.80. The van der Waals surface area contributed by atoms with E-state index in [1.807, 2.05) is 35.9 Å². The number of benzene rings is 2. The van der Waals surface area contributed by atoms with Crippen molar-refractivity contribution in [2.45, 2.75) is 26.8 Å². The first-order valence-electron chi connectivity index (χ1n) is 10.2. The van der Waals surface area contributed by atoms with Crippen LogP contribution in [0.15, 0.2) is 48.3 Å². The van der Waals surface area contributed by atoms with Gasteiger partial charge in [0.25, 0.3) is 5.91 Å². The molecule has 0 aliphatic carbocycles. The van der Waals surface area contributed by atoms with Crippen LogP contribution in [-0.2, 0) is 17.8 Å². The summed E-state index contributed by atoms with van der Waals surface area (Å²) in [6.45, 7) is 4.81. The van der Waals surface area contributed by atoms with Gasteiger partial charge in [-0.2, -0.15) is 0 Å². The van der Waals surface area contributed by atoms with Crippen molar-refractivity contribution >= 4 is 51.8 Å². The van der Waals surface area contributed by atoms with Crippen molar-refractivity contribution in [3.8, 4) is 0 Å². The molecule has 0 N–H and O–H groups in total. The average Bonchev–Trinajstić information content (AvgIpc) is 3.21. The molecule has 1 aliphatic heterocycles. The number of carbonyl (C=O) groups excluding carboxylic acids is 1. The van der Waals surface area contributed by atoms with Crippen molar-refractivity contribution in [1.82, 2.24) is 14.4 Å². The van der Waals surface area contributed by atoms with Crippen molar-refractivity contribution in [3.63, 3.8) is 0 Å². The van der Waals surface area contributed by atoms with E-state index in [4.69, 9.17) is 23.8 Å². The fourth-order valence-electron chi connectivity index (χ4n) is 4.08. The van der Waals surface area contributed by atoms with Crippen molar-refractivity contribution < 1.29 is 9.18 Å². The van der Waals surface area contributed by atoms with Crippen LogP contribution in [0.5, 0.6) is 0 Å². The molecule has 0 saturated carbocycles. The first kappa shape index (κ1) is 21.5. The van der Waals surface area contributed by atoms with E-state index in [1.165, 1.54) is 6.07 Å². The summed E-state index contributed by atoms with van der Waals surface area (Å²) in [7, 11) is 1.80. The number of rotatable bonds is 5. The molecule has 1 amide bonds. The van der Waals surface area contributed by atoms with Crippen LogP contribution in [0.2, 0.25) is 5.02 Å². The van der Waals surface area contributed by atoms with Gasteiger partial charge in [0.15, 0.2) is 5.11 Å². The quantitative estimate of drug-likeness (QED) is 0.377. The number of hydrogen-bond acceptors (Lipinski definition) is 2. The SMILES string of the molecule is CCc1cccc2c(/C=C3/C(=O)N(CC)C(=S)N3C)cn(Cc3c(F)cccc3Cl)c12. The highest BCUT2D eigenvalue weighted by Crippen LogP contribution is 2.31. The number of fused-ring (bicyclic) bond motifs is 1. The maximum Gasteiger partial charge on any atom is 0.276 e. The molecule has 1 saturated heterocycles. The summed E-state index contributed by atoms with van der Waals surface area (Å²) in [5, 5.41) is 1.89.